The Kier molecular flexibility index (Phi) is 11.7. The van der Waals surface area contributed by atoms with Crippen LogP contribution in [0.3, 0.4) is 0 Å². The van der Waals surface area contributed by atoms with Gasteiger partial charge in [-0.15, -0.1) is 0 Å². The first kappa shape index (κ1) is 32.4. The summed E-state index contributed by atoms with van der Waals surface area (Å²) in [4.78, 5) is 68.9. The maximum Gasteiger partial charge on any atom is 0.289 e. The second-order valence-electron chi connectivity index (χ2n) is 11.9. The number of amides is 4. The van der Waals surface area contributed by atoms with Crippen LogP contribution < -0.4 is 21.3 Å². The lowest BCUT2D eigenvalue weighted by Gasteiger charge is -2.28. The number of nitrogens with one attached hydrogen (secondary N) is 5. The molecule has 0 spiro atoms. The summed E-state index contributed by atoms with van der Waals surface area (Å²) in [5.74, 6) is -2.74. The number of hydrogen-bond acceptors (Lipinski definition) is 5. The summed E-state index contributed by atoms with van der Waals surface area (Å²) in [6, 6.07) is 16.1. The molecule has 3 aromatic rings. The molecule has 2 aromatic carbocycles. The molecule has 1 unspecified atom stereocenters. The van der Waals surface area contributed by atoms with E-state index in [-0.39, 0.29) is 37.3 Å². The summed E-state index contributed by atoms with van der Waals surface area (Å²) in [6.45, 7) is 3.79. The number of carbonyl (C=O) groups excluding carboxylic acids is 5. The molecule has 0 saturated heterocycles. The fraction of sp³-hybridized carbons (Fsp3) is 0.441. The Morgan fingerprint density at radius 1 is 0.841 bits per heavy atom. The van der Waals surface area contributed by atoms with Crippen molar-refractivity contribution in [2.24, 2.45) is 5.92 Å². The van der Waals surface area contributed by atoms with E-state index in [4.69, 9.17) is 0 Å². The second-order valence-corrected chi connectivity index (χ2v) is 11.9. The Bertz CT molecular complexity index is 1410. The molecule has 4 rings (SSSR count). The molecule has 10 nitrogen and oxygen atoms in total. The number of aromatic amines is 1. The van der Waals surface area contributed by atoms with E-state index in [0.717, 1.165) is 48.6 Å². The van der Waals surface area contributed by atoms with E-state index in [9.17, 15) is 24.0 Å². The third-order valence-electron chi connectivity index (χ3n) is 7.95. The molecular formula is C34H43N5O5. The van der Waals surface area contributed by atoms with E-state index >= 15 is 0 Å². The van der Waals surface area contributed by atoms with Crippen molar-refractivity contribution in [1.82, 2.24) is 26.3 Å². The first-order chi connectivity index (χ1) is 21.2. The van der Waals surface area contributed by atoms with Crippen LogP contribution in [-0.4, -0.2) is 52.5 Å². The van der Waals surface area contributed by atoms with Gasteiger partial charge in [-0.2, -0.15) is 0 Å². The minimum absolute atomic E-state index is 0.0600. The number of para-hydroxylation sites is 1. The highest BCUT2D eigenvalue weighted by atomic mass is 16.2. The summed E-state index contributed by atoms with van der Waals surface area (Å²) in [6.07, 6.45) is 5.45. The van der Waals surface area contributed by atoms with Crippen LogP contribution in [0.5, 0.6) is 0 Å². The van der Waals surface area contributed by atoms with E-state index in [1.807, 2.05) is 68.4 Å². The first-order valence-electron chi connectivity index (χ1n) is 15.5. The van der Waals surface area contributed by atoms with Gasteiger partial charge in [0, 0.05) is 29.9 Å². The van der Waals surface area contributed by atoms with E-state index < -0.39 is 35.6 Å². The van der Waals surface area contributed by atoms with Gasteiger partial charge >= 0.3 is 0 Å². The number of aromatic nitrogens is 1. The summed E-state index contributed by atoms with van der Waals surface area (Å²) in [5, 5.41) is 11.9. The predicted octanol–water partition coefficient (Wildman–Crippen LogP) is 3.91. The molecule has 0 bridgehead atoms. The van der Waals surface area contributed by atoms with Gasteiger partial charge in [-0.1, -0.05) is 80.6 Å². The number of Topliss-reactive ketones (excluding diaryl/α,β-unsaturated/α-hetero) is 1. The molecule has 1 saturated carbocycles. The summed E-state index contributed by atoms with van der Waals surface area (Å²) < 4.78 is 0. The average Bonchev–Trinajstić information content (AvgIpc) is 3.46. The molecule has 1 fully saturated rings. The van der Waals surface area contributed by atoms with Crippen LogP contribution >= 0.6 is 0 Å². The number of ketones is 1. The topological polar surface area (TPSA) is 149 Å². The van der Waals surface area contributed by atoms with Gasteiger partial charge in [-0.3, -0.25) is 24.0 Å². The molecule has 4 amide bonds. The zero-order valence-electron chi connectivity index (χ0n) is 25.5. The minimum atomic E-state index is -1.24. The molecule has 2 atom stereocenters. The van der Waals surface area contributed by atoms with E-state index in [1.165, 1.54) is 0 Å². The summed E-state index contributed by atoms with van der Waals surface area (Å²) >= 11 is 0. The van der Waals surface area contributed by atoms with E-state index in [0.29, 0.717) is 12.1 Å². The van der Waals surface area contributed by atoms with Crippen molar-refractivity contribution in [3.05, 3.63) is 71.9 Å². The predicted molar refractivity (Wildman–Crippen MR) is 168 cm³/mol. The third kappa shape index (κ3) is 9.52. The number of fused-ring (bicyclic) bond motifs is 1. The molecule has 5 N–H and O–H groups in total. The van der Waals surface area contributed by atoms with Crippen molar-refractivity contribution in [2.75, 3.05) is 0 Å². The monoisotopic (exact) mass is 601 g/mol. The van der Waals surface area contributed by atoms with Crippen LogP contribution in [0, 0.1) is 5.92 Å². The molecule has 44 heavy (non-hydrogen) atoms. The minimum Gasteiger partial charge on any atom is -0.354 e. The Balaban J connectivity index is 1.49. The molecule has 1 aliphatic carbocycles. The van der Waals surface area contributed by atoms with Crippen molar-refractivity contribution < 1.29 is 24.0 Å². The van der Waals surface area contributed by atoms with Gasteiger partial charge in [0.1, 0.15) is 11.7 Å². The van der Waals surface area contributed by atoms with Gasteiger partial charge in [0.05, 0.1) is 6.04 Å². The second kappa shape index (κ2) is 15.8. The molecule has 1 heterocycles. The fourth-order valence-corrected chi connectivity index (χ4v) is 5.65. The Morgan fingerprint density at radius 2 is 1.55 bits per heavy atom. The van der Waals surface area contributed by atoms with Crippen molar-refractivity contribution in [3.8, 4) is 0 Å². The van der Waals surface area contributed by atoms with Gasteiger partial charge in [0.25, 0.3) is 11.8 Å². The van der Waals surface area contributed by atoms with Crippen LogP contribution in [-0.2, 0) is 25.7 Å². The lowest BCUT2D eigenvalue weighted by molar-refractivity contribution is -0.140. The molecule has 234 valence electrons. The largest absolute Gasteiger partial charge is 0.354 e. The Morgan fingerprint density at radius 3 is 2.25 bits per heavy atom. The van der Waals surface area contributed by atoms with Crippen LogP contribution in [0.1, 0.15) is 81.3 Å². The van der Waals surface area contributed by atoms with Crippen molar-refractivity contribution >= 4 is 40.3 Å². The molecule has 1 aromatic heterocycles. The zero-order valence-corrected chi connectivity index (χ0v) is 25.5. The highest BCUT2D eigenvalue weighted by Crippen LogP contribution is 2.27. The van der Waals surface area contributed by atoms with Crippen LogP contribution in [0.15, 0.2) is 60.7 Å². The van der Waals surface area contributed by atoms with Crippen LogP contribution in [0.25, 0.3) is 10.9 Å². The van der Waals surface area contributed by atoms with Gasteiger partial charge in [0.2, 0.25) is 17.6 Å². The van der Waals surface area contributed by atoms with Gasteiger partial charge in [-0.25, -0.2) is 0 Å². The third-order valence-corrected chi connectivity index (χ3v) is 7.95. The highest BCUT2D eigenvalue weighted by Gasteiger charge is 2.32. The number of carbonyl (C=O) groups is 5. The quantitative estimate of drug-likeness (QED) is 0.178. The molecule has 0 radical (unpaired) electrons. The van der Waals surface area contributed by atoms with Gasteiger partial charge < -0.3 is 26.3 Å². The highest BCUT2D eigenvalue weighted by molar-refractivity contribution is 6.38. The van der Waals surface area contributed by atoms with E-state index in [1.54, 1.807) is 6.07 Å². The Hall–Kier alpha value is -4.47. The normalized spacial score (nSPS) is 14.9. The molecule has 0 aliphatic heterocycles. The van der Waals surface area contributed by atoms with E-state index in [2.05, 4.69) is 26.3 Å². The number of benzene rings is 2. The van der Waals surface area contributed by atoms with Crippen molar-refractivity contribution in [3.63, 3.8) is 0 Å². The SMILES string of the molecule is CC(C)NC(=O)CCC(NC(=O)[C@H](CC1CCCCC1)NC(=O)c1cc2ccccc2[nH]1)C(=O)C(=O)NCc1ccccc1. The molecular weight excluding hydrogens is 558 g/mol. The van der Waals surface area contributed by atoms with Crippen LogP contribution in [0.4, 0.5) is 0 Å². The number of H-pyrrole nitrogens is 1. The van der Waals surface area contributed by atoms with Crippen molar-refractivity contribution in [2.45, 2.75) is 89.9 Å². The van der Waals surface area contributed by atoms with Gasteiger partial charge in [0.15, 0.2) is 0 Å². The van der Waals surface area contributed by atoms with Crippen molar-refractivity contribution in [1.29, 1.82) is 0 Å². The smallest absolute Gasteiger partial charge is 0.289 e. The Labute approximate surface area is 258 Å². The summed E-state index contributed by atoms with van der Waals surface area (Å²) in [5.41, 5.74) is 1.95. The first-order valence-corrected chi connectivity index (χ1v) is 15.5. The zero-order chi connectivity index (χ0) is 31.5. The number of hydrogen-bond donors (Lipinski definition) is 5. The van der Waals surface area contributed by atoms with Gasteiger partial charge in [-0.05, 0) is 50.3 Å². The standard InChI is InChI=1S/C34H43N5O5/c1-22(2)36-30(40)18-17-27(31(41)34(44)35-21-24-13-7-4-8-14-24)38-32(42)28(19-23-11-5-3-6-12-23)39-33(43)29-20-25-15-9-10-16-26(25)37-29/h4,7-10,13-16,20,22-23,27-28,37H,3,5-6,11-12,17-19,21H2,1-2H3,(H,35,44)(H,36,40)(H,38,42)(H,39,43)/t27?,28-/m0/s1. The molecule has 10 heteroatoms. The maximum absolute atomic E-state index is 13.8. The average molecular weight is 602 g/mol. The fourth-order valence-electron chi connectivity index (χ4n) is 5.65. The molecule has 1 aliphatic rings. The van der Waals surface area contributed by atoms with Crippen LogP contribution in [0.2, 0.25) is 0 Å². The maximum atomic E-state index is 13.8. The summed E-state index contributed by atoms with van der Waals surface area (Å²) in [7, 11) is 0. The number of rotatable bonds is 14. The lowest BCUT2D eigenvalue weighted by atomic mass is 9.84. The lowest BCUT2D eigenvalue weighted by Crippen LogP contribution is -2.54.